The molecule has 3 amide bonds. The maximum atomic E-state index is 11.5. The van der Waals surface area contributed by atoms with Crippen molar-refractivity contribution >= 4 is 29.5 Å². The van der Waals surface area contributed by atoms with Crippen LogP contribution in [0.3, 0.4) is 0 Å². The van der Waals surface area contributed by atoms with E-state index in [1.807, 2.05) is 31.2 Å². The van der Waals surface area contributed by atoms with Gasteiger partial charge in [-0.15, -0.1) is 0 Å². The van der Waals surface area contributed by atoms with Gasteiger partial charge in [0.05, 0.1) is 12.6 Å². The molecule has 0 bridgehead atoms. The Morgan fingerprint density at radius 1 is 1.43 bits per heavy atom. The number of nitrogens with zero attached hydrogens (tertiary/aromatic N) is 2. The lowest BCUT2D eigenvalue weighted by Gasteiger charge is -2.20. The molecule has 0 aromatic heterocycles. The molecule has 2 rings (SSSR count). The van der Waals surface area contributed by atoms with Crippen LogP contribution >= 0.6 is 11.6 Å². The number of aliphatic imine (C=N–C) groups is 1. The number of hydrogen-bond donors (Lipinski definition) is 3. The Balaban J connectivity index is 1.85. The van der Waals surface area contributed by atoms with Crippen LogP contribution in [0.2, 0.25) is 5.02 Å². The largest absolute Gasteiger partial charge is 0.355 e. The Bertz CT molecular complexity index is 604. The molecule has 0 radical (unpaired) electrons. The molecule has 1 aromatic rings. The van der Waals surface area contributed by atoms with E-state index in [1.165, 1.54) is 4.90 Å². The molecule has 1 aromatic carbocycles. The van der Waals surface area contributed by atoms with Crippen LogP contribution in [0.25, 0.3) is 0 Å². The number of hydrogen-bond acceptors (Lipinski definition) is 3. The molecule has 1 aliphatic heterocycles. The third-order valence-electron chi connectivity index (χ3n) is 3.51. The minimum absolute atomic E-state index is 0.0355. The number of urea groups is 1. The smallest absolute Gasteiger partial charge is 0.324 e. The molecule has 7 nitrogen and oxygen atoms in total. The number of rotatable bonds is 5. The molecule has 0 spiro atoms. The first kappa shape index (κ1) is 17.1. The van der Waals surface area contributed by atoms with E-state index in [4.69, 9.17) is 11.6 Å². The number of amides is 3. The van der Waals surface area contributed by atoms with Crippen LogP contribution in [0.15, 0.2) is 29.3 Å². The van der Waals surface area contributed by atoms with Crippen molar-refractivity contribution in [1.29, 1.82) is 0 Å². The summed E-state index contributed by atoms with van der Waals surface area (Å²) in [5.41, 5.74) is 0.964. The molecule has 1 atom stereocenters. The minimum atomic E-state index is -0.357. The zero-order valence-corrected chi connectivity index (χ0v) is 13.9. The van der Waals surface area contributed by atoms with Gasteiger partial charge in [0.1, 0.15) is 0 Å². The number of carbonyl (C=O) groups excluding carboxylic acids is 2. The Morgan fingerprint density at radius 2 is 2.17 bits per heavy atom. The van der Waals surface area contributed by atoms with Crippen LogP contribution in [0.5, 0.6) is 0 Å². The lowest BCUT2D eigenvalue weighted by atomic mass is 10.1. The van der Waals surface area contributed by atoms with Gasteiger partial charge in [0.25, 0.3) is 0 Å². The van der Waals surface area contributed by atoms with Crippen molar-refractivity contribution in [3.05, 3.63) is 34.9 Å². The minimum Gasteiger partial charge on any atom is -0.355 e. The first-order chi connectivity index (χ1) is 11.0. The van der Waals surface area contributed by atoms with Crippen LogP contribution < -0.4 is 16.0 Å². The molecule has 0 aliphatic carbocycles. The van der Waals surface area contributed by atoms with Gasteiger partial charge in [-0.3, -0.25) is 14.7 Å². The SMILES string of the molecule is CN=C(NCCN1C(=O)CNC1=O)NC(C)c1ccccc1Cl. The van der Waals surface area contributed by atoms with E-state index in [9.17, 15) is 9.59 Å². The average Bonchev–Trinajstić information content (AvgIpc) is 2.85. The van der Waals surface area contributed by atoms with E-state index in [0.717, 1.165) is 5.56 Å². The summed E-state index contributed by atoms with van der Waals surface area (Å²) in [7, 11) is 1.66. The summed E-state index contributed by atoms with van der Waals surface area (Å²) in [6.07, 6.45) is 0. The summed E-state index contributed by atoms with van der Waals surface area (Å²) in [6, 6.07) is 7.19. The Kier molecular flexibility index (Phi) is 5.81. The summed E-state index contributed by atoms with van der Waals surface area (Å²) in [4.78, 5) is 28.2. The highest BCUT2D eigenvalue weighted by Crippen LogP contribution is 2.21. The lowest BCUT2D eigenvalue weighted by molar-refractivity contribution is -0.124. The van der Waals surface area contributed by atoms with Crippen molar-refractivity contribution in [2.45, 2.75) is 13.0 Å². The second-order valence-electron chi connectivity index (χ2n) is 5.09. The predicted molar refractivity (Wildman–Crippen MR) is 89.5 cm³/mol. The highest BCUT2D eigenvalue weighted by atomic mass is 35.5. The third-order valence-corrected chi connectivity index (χ3v) is 3.86. The van der Waals surface area contributed by atoms with Gasteiger partial charge in [-0.05, 0) is 18.6 Å². The van der Waals surface area contributed by atoms with E-state index < -0.39 is 0 Å². The third kappa shape index (κ3) is 4.35. The molecular formula is C15H20ClN5O2. The lowest BCUT2D eigenvalue weighted by Crippen LogP contribution is -2.43. The molecule has 1 aliphatic rings. The summed E-state index contributed by atoms with van der Waals surface area (Å²) in [5.74, 6) is 0.355. The fourth-order valence-corrected chi connectivity index (χ4v) is 2.57. The second-order valence-corrected chi connectivity index (χ2v) is 5.50. The number of benzene rings is 1. The summed E-state index contributed by atoms with van der Waals surface area (Å²) in [6.45, 7) is 2.74. The van der Waals surface area contributed by atoms with Gasteiger partial charge in [0, 0.05) is 25.2 Å². The Hall–Kier alpha value is -2.28. The van der Waals surface area contributed by atoms with Crippen LogP contribution in [-0.2, 0) is 4.79 Å². The summed E-state index contributed by atoms with van der Waals surface area (Å²) < 4.78 is 0. The van der Waals surface area contributed by atoms with Crippen LogP contribution in [0.4, 0.5) is 4.79 Å². The zero-order chi connectivity index (χ0) is 16.8. The van der Waals surface area contributed by atoms with E-state index in [-0.39, 0.29) is 31.1 Å². The molecule has 23 heavy (non-hydrogen) atoms. The molecule has 1 fully saturated rings. The standard InChI is InChI=1S/C15H20ClN5O2/c1-10(11-5-3-4-6-12(11)16)20-14(17-2)18-7-8-21-13(22)9-19-15(21)23/h3-6,10H,7-9H2,1-2H3,(H,19,23)(H2,17,18,20). The van der Waals surface area contributed by atoms with E-state index in [1.54, 1.807) is 7.05 Å². The van der Waals surface area contributed by atoms with Crippen LogP contribution in [0.1, 0.15) is 18.5 Å². The van der Waals surface area contributed by atoms with Gasteiger partial charge in [-0.25, -0.2) is 4.79 Å². The molecular weight excluding hydrogens is 318 g/mol. The number of carbonyl (C=O) groups is 2. The van der Waals surface area contributed by atoms with Gasteiger partial charge in [-0.2, -0.15) is 0 Å². The molecule has 0 saturated carbocycles. The van der Waals surface area contributed by atoms with E-state index in [0.29, 0.717) is 17.5 Å². The highest BCUT2D eigenvalue weighted by Gasteiger charge is 2.27. The average molecular weight is 338 g/mol. The monoisotopic (exact) mass is 337 g/mol. The van der Waals surface area contributed by atoms with Crippen molar-refractivity contribution in [3.8, 4) is 0 Å². The fraction of sp³-hybridized carbons (Fsp3) is 0.400. The number of halogens is 1. The topological polar surface area (TPSA) is 85.8 Å². The van der Waals surface area contributed by atoms with Crippen molar-refractivity contribution in [2.75, 3.05) is 26.7 Å². The fourth-order valence-electron chi connectivity index (χ4n) is 2.27. The Labute approximate surface area is 140 Å². The van der Waals surface area contributed by atoms with Crippen molar-refractivity contribution in [3.63, 3.8) is 0 Å². The normalized spacial score (nSPS) is 16.3. The van der Waals surface area contributed by atoms with Crippen LogP contribution in [0, 0.1) is 0 Å². The van der Waals surface area contributed by atoms with Gasteiger partial charge in [0.2, 0.25) is 5.91 Å². The second kappa shape index (κ2) is 7.82. The first-order valence-electron chi connectivity index (χ1n) is 7.32. The van der Waals surface area contributed by atoms with Gasteiger partial charge in [0.15, 0.2) is 5.96 Å². The molecule has 1 saturated heterocycles. The number of guanidine groups is 1. The maximum absolute atomic E-state index is 11.5. The molecule has 1 heterocycles. The van der Waals surface area contributed by atoms with Crippen molar-refractivity contribution < 1.29 is 9.59 Å². The van der Waals surface area contributed by atoms with Crippen molar-refractivity contribution in [2.24, 2.45) is 4.99 Å². The molecule has 124 valence electrons. The Morgan fingerprint density at radius 3 is 2.78 bits per heavy atom. The van der Waals surface area contributed by atoms with Gasteiger partial charge in [-0.1, -0.05) is 29.8 Å². The van der Waals surface area contributed by atoms with E-state index >= 15 is 0 Å². The molecule has 1 unspecified atom stereocenters. The van der Waals surface area contributed by atoms with Gasteiger partial charge >= 0.3 is 6.03 Å². The maximum Gasteiger partial charge on any atom is 0.324 e. The first-order valence-corrected chi connectivity index (χ1v) is 7.70. The predicted octanol–water partition coefficient (Wildman–Crippen LogP) is 1.12. The summed E-state index contributed by atoms with van der Waals surface area (Å²) in [5, 5.41) is 9.46. The van der Waals surface area contributed by atoms with E-state index in [2.05, 4.69) is 20.9 Å². The highest BCUT2D eigenvalue weighted by molar-refractivity contribution is 6.31. The zero-order valence-electron chi connectivity index (χ0n) is 13.1. The quantitative estimate of drug-likeness (QED) is 0.427. The molecule has 8 heteroatoms. The molecule has 3 N–H and O–H groups in total. The number of nitrogens with one attached hydrogen (secondary N) is 3. The number of imide groups is 1. The van der Waals surface area contributed by atoms with Crippen LogP contribution in [-0.4, -0.2) is 49.5 Å². The van der Waals surface area contributed by atoms with Crippen molar-refractivity contribution in [1.82, 2.24) is 20.9 Å². The summed E-state index contributed by atoms with van der Waals surface area (Å²) >= 11 is 6.18. The van der Waals surface area contributed by atoms with Gasteiger partial charge < -0.3 is 16.0 Å².